The largest absolute Gasteiger partial charge is 0.507 e. The van der Waals surface area contributed by atoms with Crippen molar-refractivity contribution in [3.8, 4) is 5.75 Å². The molecule has 0 bridgehead atoms. The third-order valence-electron chi connectivity index (χ3n) is 10.1. The normalized spacial score (nSPS) is 26.4. The molecule has 2 aromatic rings. The third kappa shape index (κ3) is 6.28. The Bertz CT molecular complexity index is 1390. The van der Waals surface area contributed by atoms with Gasteiger partial charge in [-0.25, -0.2) is 0 Å². The van der Waals surface area contributed by atoms with Gasteiger partial charge >= 0.3 is 0 Å². The molecule has 0 radical (unpaired) electrons. The third-order valence-corrected chi connectivity index (χ3v) is 10.1. The van der Waals surface area contributed by atoms with Crippen molar-refractivity contribution >= 4 is 17.9 Å². The molecule has 0 aromatic heterocycles. The summed E-state index contributed by atoms with van der Waals surface area (Å²) in [5.41, 5.74) is 5.75. The predicted octanol–water partition coefficient (Wildman–Crippen LogP) is 5.98. The van der Waals surface area contributed by atoms with E-state index in [0.29, 0.717) is 19.6 Å². The molecule has 2 amide bonds. The summed E-state index contributed by atoms with van der Waals surface area (Å²) in [7, 11) is 1.70. The summed E-state index contributed by atoms with van der Waals surface area (Å²) in [6.45, 7) is 5.77. The topological polar surface area (TPSA) is 79.3 Å². The Labute approximate surface area is 261 Å². The van der Waals surface area contributed by atoms with Crippen molar-refractivity contribution in [3.05, 3.63) is 82.4 Å². The van der Waals surface area contributed by atoms with E-state index in [1.54, 1.807) is 18.1 Å². The van der Waals surface area contributed by atoms with E-state index in [1.165, 1.54) is 16.7 Å². The zero-order valence-electron chi connectivity index (χ0n) is 26.1. The van der Waals surface area contributed by atoms with Crippen molar-refractivity contribution in [1.82, 2.24) is 9.80 Å². The number of hydrogen-bond donors (Lipinski definition) is 1. The number of amides is 2. The Hall–Kier alpha value is -3.26. The Morgan fingerprint density at radius 1 is 1.00 bits per heavy atom. The molecule has 3 heterocycles. The number of allylic oxidation sites excluding steroid dienone is 1. The van der Waals surface area contributed by atoms with Crippen LogP contribution in [0.4, 0.5) is 0 Å². The molecule has 6 rings (SSSR count). The van der Waals surface area contributed by atoms with Crippen molar-refractivity contribution in [2.45, 2.75) is 70.6 Å². The second-order valence-corrected chi connectivity index (χ2v) is 12.9. The summed E-state index contributed by atoms with van der Waals surface area (Å²) < 4.78 is 12.1. The number of piperidine rings is 1. The van der Waals surface area contributed by atoms with E-state index >= 15 is 0 Å². The summed E-state index contributed by atoms with van der Waals surface area (Å²) in [4.78, 5) is 32.0. The highest BCUT2D eigenvalue weighted by Crippen LogP contribution is 2.50. The first-order valence-electron chi connectivity index (χ1n) is 16.4. The lowest BCUT2D eigenvalue weighted by Crippen LogP contribution is -2.47. The zero-order valence-corrected chi connectivity index (χ0v) is 26.1. The van der Waals surface area contributed by atoms with Crippen LogP contribution in [0.2, 0.25) is 0 Å². The maximum absolute atomic E-state index is 14.1. The molecule has 4 atom stereocenters. The molecule has 7 heteroatoms. The van der Waals surface area contributed by atoms with Gasteiger partial charge < -0.3 is 14.6 Å². The number of imide groups is 1. The Kier molecular flexibility index (Phi) is 9.65. The van der Waals surface area contributed by atoms with Crippen LogP contribution in [0.5, 0.6) is 5.75 Å². The molecule has 0 unspecified atom stereocenters. The second-order valence-electron chi connectivity index (χ2n) is 12.9. The molecule has 0 spiro atoms. The number of carbonyl (C=O) groups is 2. The molecular weight excluding hydrogens is 552 g/mol. The van der Waals surface area contributed by atoms with Gasteiger partial charge in [-0.2, -0.15) is 0 Å². The first-order chi connectivity index (χ1) is 21.5. The van der Waals surface area contributed by atoms with Crippen LogP contribution >= 0.6 is 0 Å². The molecule has 0 saturated carbocycles. The van der Waals surface area contributed by atoms with Crippen LogP contribution < -0.4 is 0 Å². The lowest BCUT2D eigenvalue weighted by Gasteiger charge is -2.36. The van der Waals surface area contributed by atoms with Gasteiger partial charge in [0.25, 0.3) is 0 Å². The number of rotatable bonds is 11. The number of fused-ring (bicyclic) bond motifs is 3. The summed E-state index contributed by atoms with van der Waals surface area (Å²) in [6, 6.07) is 17.9. The highest BCUT2D eigenvalue weighted by atomic mass is 16.5. The number of aromatic hydroxyl groups is 1. The number of hydrogen-bond acceptors (Lipinski definition) is 6. The fraction of sp³-hybridized carbons (Fsp3) is 0.514. The second kappa shape index (κ2) is 13.8. The quantitative estimate of drug-likeness (QED) is 0.253. The van der Waals surface area contributed by atoms with E-state index in [9.17, 15) is 14.7 Å². The van der Waals surface area contributed by atoms with Gasteiger partial charge in [0, 0.05) is 44.3 Å². The molecule has 3 saturated heterocycles. The van der Waals surface area contributed by atoms with E-state index < -0.39 is 0 Å². The van der Waals surface area contributed by atoms with Gasteiger partial charge in [-0.15, -0.1) is 0 Å². The number of phenolic OH excluding ortho intramolecular Hbond substituents is 1. The van der Waals surface area contributed by atoms with Crippen LogP contribution in [-0.4, -0.2) is 72.3 Å². The van der Waals surface area contributed by atoms with Gasteiger partial charge in [-0.05, 0) is 61.3 Å². The smallest absolute Gasteiger partial charge is 0.234 e. The van der Waals surface area contributed by atoms with Gasteiger partial charge in [-0.3, -0.25) is 19.4 Å². The predicted molar refractivity (Wildman–Crippen MR) is 171 cm³/mol. The minimum atomic E-state index is -0.336. The fourth-order valence-corrected chi connectivity index (χ4v) is 8.08. The van der Waals surface area contributed by atoms with Gasteiger partial charge in [0.15, 0.2) is 0 Å². The SMILES string of the molecule is CCC/C(=C\c1ccccc1O)CC[C@H]1OC[C@H]2C1=C(COC)C[C@H]1C(=O)N(C3CCN(Cc4ccccc4)CC3)C(=O)[C@H]12. The number of likely N-dealkylation sites (tertiary alicyclic amines) is 2. The highest BCUT2D eigenvalue weighted by Gasteiger charge is 2.58. The fourth-order valence-electron chi connectivity index (χ4n) is 8.08. The molecule has 1 aliphatic carbocycles. The number of nitrogens with zero attached hydrogens (tertiary/aromatic N) is 2. The van der Waals surface area contributed by atoms with Gasteiger partial charge in [0.05, 0.1) is 31.2 Å². The van der Waals surface area contributed by atoms with E-state index in [-0.39, 0.29) is 47.5 Å². The van der Waals surface area contributed by atoms with Crippen molar-refractivity contribution in [1.29, 1.82) is 0 Å². The molecular formula is C37H46N2O5. The molecule has 44 heavy (non-hydrogen) atoms. The summed E-state index contributed by atoms with van der Waals surface area (Å²) in [6.07, 6.45) is 7.86. The summed E-state index contributed by atoms with van der Waals surface area (Å²) in [5, 5.41) is 10.3. The van der Waals surface area contributed by atoms with E-state index in [1.807, 2.05) is 24.3 Å². The van der Waals surface area contributed by atoms with Gasteiger partial charge in [0.2, 0.25) is 11.8 Å². The number of carbonyl (C=O) groups excluding carboxylic acids is 2. The molecule has 234 valence electrons. The van der Waals surface area contributed by atoms with Crippen LogP contribution in [0, 0.1) is 17.8 Å². The average molecular weight is 599 g/mol. The number of ether oxygens (including phenoxy) is 2. The first-order valence-corrected chi connectivity index (χ1v) is 16.4. The molecule has 7 nitrogen and oxygen atoms in total. The number of methoxy groups -OCH3 is 1. The molecule has 1 N–H and O–H groups in total. The molecule has 3 aliphatic heterocycles. The van der Waals surface area contributed by atoms with E-state index in [0.717, 1.165) is 69.3 Å². The highest BCUT2D eigenvalue weighted by molar-refractivity contribution is 6.06. The van der Waals surface area contributed by atoms with E-state index in [4.69, 9.17) is 9.47 Å². The Balaban J connectivity index is 1.15. The van der Waals surface area contributed by atoms with E-state index in [2.05, 4.69) is 42.2 Å². The monoisotopic (exact) mass is 598 g/mol. The maximum atomic E-state index is 14.1. The number of phenols is 1. The Morgan fingerprint density at radius 3 is 2.48 bits per heavy atom. The van der Waals surface area contributed by atoms with Crippen molar-refractivity contribution in [2.75, 3.05) is 33.4 Å². The lowest BCUT2D eigenvalue weighted by molar-refractivity contribution is -0.144. The summed E-state index contributed by atoms with van der Waals surface area (Å²) >= 11 is 0. The minimum Gasteiger partial charge on any atom is -0.507 e. The molecule has 4 aliphatic rings. The van der Waals surface area contributed by atoms with Gasteiger partial charge in [0.1, 0.15) is 5.75 Å². The Morgan fingerprint density at radius 2 is 1.75 bits per heavy atom. The average Bonchev–Trinajstić information content (AvgIpc) is 3.56. The van der Waals surface area contributed by atoms with Crippen LogP contribution in [0.15, 0.2) is 71.3 Å². The zero-order chi connectivity index (χ0) is 30.6. The van der Waals surface area contributed by atoms with Crippen LogP contribution in [0.3, 0.4) is 0 Å². The minimum absolute atomic E-state index is 0.00782. The summed E-state index contributed by atoms with van der Waals surface area (Å²) in [5.74, 6) is -0.415. The van der Waals surface area contributed by atoms with Gasteiger partial charge in [-0.1, -0.05) is 73.5 Å². The standard InChI is InChI=1S/C37H46N2O5/c1-3-9-25(20-27-12-7-8-13-32(27)40)14-15-33-34-28(23-43-2)21-30-35(31(34)24-44-33)37(42)39(36(30)41)29-16-18-38(19-17-29)22-26-10-5-4-6-11-26/h4-8,10-13,20,29-31,33,35,40H,3,9,14-19,21-24H2,1-2H3/b25-20+/t30-,31+,33-,35-/m1/s1. The first kappa shape index (κ1) is 30.8. The van der Waals surface area contributed by atoms with Crippen LogP contribution in [0.1, 0.15) is 63.0 Å². The maximum Gasteiger partial charge on any atom is 0.234 e. The molecule has 2 aromatic carbocycles. The lowest BCUT2D eigenvalue weighted by atomic mass is 9.69. The van der Waals surface area contributed by atoms with Crippen LogP contribution in [0.25, 0.3) is 6.08 Å². The van der Waals surface area contributed by atoms with Crippen molar-refractivity contribution in [2.24, 2.45) is 17.8 Å². The molecule has 3 fully saturated rings. The van der Waals surface area contributed by atoms with Crippen LogP contribution in [-0.2, 0) is 25.6 Å². The van der Waals surface area contributed by atoms with Crippen molar-refractivity contribution < 1.29 is 24.2 Å². The number of benzene rings is 2. The van der Waals surface area contributed by atoms with Crippen molar-refractivity contribution in [3.63, 3.8) is 0 Å². The number of para-hydroxylation sites is 1.